The number of aryl methyl sites for hydroxylation is 1. The molecule has 1 aliphatic rings. The third-order valence-electron chi connectivity index (χ3n) is 7.24. The van der Waals surface area contributed by atoms with Crippen LogP contribution in [-0.2, 0) is 22.6 Å². The first-order valence-corrected chi connectivity index (χ1v) is 14.0. The number of amides is 2. The van der Waals surface area contributed by atoms with Gasteiger partial charge in [0.15, 0.2) is 0 Å². The van der Waals surface area contributed by atoms with Crippen molar-refractivity contribution < 1.29 is 14.3 Å². The lowest BCUT2D eigenvalue weighted by Gasteiger charge is -2.33. The molecule has 3 aromatic rings. The van der Waals surface area contributed by atoms with Gasteiger partial charge >= 0.3 is 0 Å². The first-order valence-electron chi connectivity index (χ1n) is 14.0. The van der Waals surface area contributed by atoms with Crippen molar-refractivity contribution in [1.82, 2.24) is 10.2 Å². The maximum Gasteiger partial charge on any atom is 0.243 e. The van der Waals surface area contributed by atoms with Crippen molar-refractivity contribution in [3.63, 3.8) is 0 Å². The topological polar surface area (TPSA) is 58.6 Å². The van der Waals surface area contributed by atoms with Gasteiger partial charge in [0, 0.05) is 25.4 Å². The molecule has 0 saturated heterocycles. The maximum atomic E-state index is 13.8. The fraction of sp³-hybridized carbons (Fsp3) is 0.394. The molecule has 0 radical (unpaired) electrons. The zero-order valence-corrected chi connectivity index (χ0v) is 22.5. The van der Waals surface area contributed by atoms with E-state index in [-0.39, 0.29) is 17.9 Å². The smallest absolute Gasteiger partial charge is 0.243 e. The summed E-state index contributed by atoms with van der Waals surface area (Å²) in [5.41, 5.74) is 3.24. The number of hydrogen-bond donors (Lipinski definition) is 1. The van der Waals surface area contributed by atoms with Crippen LogP contribution in [0.25, 0.3) is 0 Å². The van der Waals surface area contributed by atoms with E-state index in [1.54, 1.807) is 4.90 Å². The molecule has 0 aliphatic heterocycles. The van der Waals surface area contributed by atoms with Crippen LogP contribution < -0.4 is 10.1 Å². The number of nitrogens with one attached hydrogen (secondary N) is 1. The number of nitrogens with zero attached hydrogens (tertiary/aromatic N) is 1. The van der Waals surface area contributed by atoms with E-state index in [0.717, 1.165) is 42.6 Å². The lowest BCUT2D eigenvalue weighted by molar-refractivity contribution is -0.141. The second-order valence-electron chi connectivity index (χ2n) is 10.3. The normalized spacial score (nSPS) is 14.4. The van der Waals surface area contributed by atoms with E-state index in [9.17, 15) is 9.59 Å². The molecule has 0 aromatic heterocycles. The highest BCUT2D eigenvalue weighted by Crippen LogP contribution is 2.21. The summed E-state index contributed by atoms with van der Waals surface area (Å²) in [6.45, 7) is 2.90. The van der Waals surface area contributed by atoms with Gasteiger partial charge in [-0.2, -0.15) is 0 Å². The molecule has 5 heteroatoms. The van der Waals surface area contributed by atoms with E-state index < -0.39 is 6.04 Å². The van der Waals surface area contributed by atoms with Crippen molar-refractivity contribution in [1.29, 1.82) is 0 Å². The van der Waals surface area contributed by atoms with Crippen LogP contribution in [0.1, 0.15) is 61.6 Å². The van der Waals surface area contributed by atoms with Crippen molar-refractivity contribution in [2.24, 2.45) is 0 Å². The first-order chi connectivity index (χ1) is 18.6. The molecule has 3 aromatic carbocycles. The Morgan fingerprint density at radius 1 is 0.868 bits per heavy atom. The highest BCUT2D eigenvalue weighted by Gasteiger charge is 2.31. The molecule has 1 N–H and O–H groups in total. The second-order valence-corrected chi connectivity index (χ2v) is 10.3. The molecule has 1 atom stereocenters. The zero-order chi connectivity index (χ0) is 26.6. The molecule has 0 heterocycles. The lowest BCUT2D eigenvalue weighted by atomic mass is 9.94. The predicted octanol–water partition coefficient (Wildman–Crippen LogP) is 6.24. The van der Waals surface area contributed by atoms with Crippen molar-refractivity contribution in [3.05, 3.63) is 102 Å². The highest BCUT2D eigenvalue weighted by atomic mass is 16.5. The van der Waals surface area contributed by atoms with Gasteiger partial charge in [0.25, 0.3) is 0 Å². The number of para-hydroxylation sites is 1. The monoisotopic (exact) mass is 512 g/mol. The standard InChI is InChI=1S/C33H40N2O3/c1-26-19-21-28(22-20-26)25-35(32(36)18-11-23-38-30-16-9-4-10-17-30)31(24-27-12-5-2-6-13-27)33(37)34-29-14-7-3-8-15-29/h2,4-6,9-10,12-13,16-17,19-22,29,31H,3,7-8,11,14-15,18,23-25H2,1H3,(H,34,37)/t31-/m1/s1. The van der Waals surface area contributed by atoms with E-state index in [0.29, 0.717) is 32.4 Å². The van der Waals surface area contributed by atoms with Crippen molar-refractivity contribution in [2.45, 2.75) is 76.9 Å². The Morgan fingerprint density at radius 3 is 2.21 bits per heavy atom. The second kappa shape index (κ2) is 14.4. The average molecular weight is 513 g/mol. The summed E-state index contributed by atoms with van der Waals surface area (Å²) in [7, 11) is 0. The van der Waals surface area contributed by atoms with Crippen LogP contribution in [0.4, 0.5) is 0 Å². The Labute approximate surface area is 227 Å². The van der Waals surface area contributed by atoms with E-state index in [1.807, 2.05) is 72.8 Å². The molecule has 38 heavy (non-hydrogen) atoms. The minimum Gasteiger partial charge on any atom is -0.494 e. The Kier molecular flexibility index (Phi) is 10.4. The van der Waals surface area contributed by atoms with Gasteiger partial charge in [0.05, 0.1) is 6.61 Å². The van der Waals surface area contributed by atoms with Crippen LogP contribution in [-0.4, -0.2) is 35.4 Å². The van der Waals surface area contributed by atoms with E-state index in [2.05, 4.69) is 24.4 Å². The van der Waals surface area contributed by atoms with Crippen LogP contribution in [0.15, 0.2) is 84.9 Å². The van der Waals surface area contributed by atoms with Crippen LogP contribution in [0.2, 0.25) is 0 Å². The van der Waals surface area contributed by atoms with Crippen molar-refractivity contribution in [2.75, 3.05) is 6.61 Å². The minimum absolute atomic E-state index is 0.0260. The molecule has 0 spiro atoms. The number of carbonyl (C=O) groups excluding carboxylic acids is 2. The predicted molar refractivity (Wildman–Crippen MR) is 152 cm³/mol. The molecule has 2 amide bonds. The van der Waals surface area contributed by atoms with Gasteiger partial charge in [0.1, 0.15) is 11.8 Å². The quantitative estimate of drug-likeness (QED) is 0.292. The first kappa shape index (κ1) is 27.4. The summed E-state index contributed by atoms with van der Waals surface area (Å²) < 4.78 is 5.82. The summed E-state index contributed by atoms with van der Waals surface area (Å²) in [5.74, 6) is 0.717. The molecule has 1 fully saturated rings. The lowest BCUT2D eigenvalue weighted by Crippen LogP contribution is -2.52. The summed E-state index contributed by atoms with van der Waals surface area (Å²) in [5, 5.41) is 3.30. The SMILES string of the molecule is Cc1ccc(CN(C(=O)CCCOc2ccccc2)[C@H](Cc2ccccc2)C(=O)NC2CCCCC2)cc1. The number of ether oxygens (including phenoxy) is 1. The Hall–Kier alpha value is -3.60. The van der Waals surface area contributed by atoms with Gasteiger partial charge in [-0.25, -0.2) is 0 Å². The van der Waals surface area contributed by atoms with Crippen LogP contribution in [0.5, 0.6) is 5.75 Å². The molecule has 5 nitrogen and oxygen atoms in total. The third kappa shape index (κ3) is 8.47. The fourth-order valence-electron chi connectivity index (χ4n) is 5.06. The summed E-state index contributed by atoms with van der Waals surface area (Å²) in [4.78, 5) is 29.3. The summed E-state index contributed by atoms with van der Waals surface area (Å²) in [6.07, 6.45) is 6.91. The number of rotatable bonds is 12. The van der Waals surface area contributed by atoms with Crippen LogP contribution in [0, 0.1) is 6.92 Å². The molecule has 4 rings (SSSR count). The van der Waals surface area contributed by atoms with Crippen molar-refractivity contribution >= 4 is 11.8 Å². The molecular formula is C33H40N2O3. The molecule has 1 aliphatic carbocycles. The highest BCUT2D eigenvalue weighted by molar-refractivity contribution is 5.88. The van der Waals surface area contributed by atoms with Gasteiger partial charge < -0.3 is 15.0 Å². The summed E-state index contributed by atoms with van der Waals surface area (Å²) in [6, 6.07) is 27.5. The number of hydrogen-bond acceptors (Lipinski definition) is 3. The maximum absolute atomic E-state index is 13.8. The van der Waals surface area contributed by atoms with Gasteiger partial charge in [-0.15, -0.1) is 0 Å². The zero-order valence-electron chi connectivity index (χ0n) is 22.5. The third-order valence-corrected chi connectivity index (χ3v) is 7.24. The minimum atomic E-state index is -0.580. The number of benzene rings is 3. The van der Waals surface area contributed by atoms with Crippen LogP contribution in [0.3, 0.4) is 0 Å². The fourth-order valence-corrected chi connectivity index (χ4v) is 5.06. The molecule has 0 unspecified atom stereocenters. The molecular weight excluding hydrogens is 472 g/mol. The average Bonchev–Trinajstić information content (AvgIpc) is 2.95. The Morgan fingerprint density at radius 2 is 1.53 bits per heavy atom. The van der Waals surface area contributed by atoms with E-state index in [4.69, 9.17) is 4.74 Å². The molecule has 0 bridgehead atoms. The van der Waals surface area contributed by atoms with Gasteiger partial charge in [-0.1, -0.05) is 97.6 Å². The Bertz CT molecular complexity index is 1130. The van der Waals surface area contributed by atoms with Crippen LogP contribution >= 0.6 is 0 Å². The van der Waals surface area contributed by atoms with E-state index >= 15 is 0 Å². The van der Waals surface area contributed by atoms with Crippen molar-refractivity contribution in [3.8, 4) is 5.75 Å². The molecule has 1 saturated carbocycles. The van der Waals surface area contributed by atoms with Gasteiger partial charge in [-0.3, -0.25) is 9.59 Å². The van der Waals surface area contributed by atoms with Gasteiger partial charge in [0.2, 0.25) is 11.8 Å². The molecule has 200 valence electrons. The largest absolute Gasteiger partial charge is 0.494 e. The van der Waals surface area contributed by atoms with Gasteiger partial charge in [-0.05, 0) is 49.4 Å². The van der Waals surface area contributed by atoms with E-state index in [1.165, 1.54) is 12.0 Å². The summed E-state index contributed by atoms with van der Waals surface area (Å²) >= 11 is 0. The number of carbonyl (C=O) groups is 2. The Balaban J connectivity index is 1.52.